The van der Waals surface area contributed by atoms with E-state index >= 15 is 0 Å². The second-order valence-corrected chi connectivity index (χ2v) is 7.18. The molecule has 126 valence electrons. The summed E-state index contributed by atoms with van der Waals surface area (Å²) in [5.41, 5.74) is -0.485. The number of nitrogens with one attached hydrogen (secondary N) is 1. The first-order valence-electron chi connectivity index (χ1n) is 8.34. The molecule has 2 rings (SSSR count). The highest BCUT2D eigenvalue weighted by molar-refractivity contribution is 5.76. The Morgan fingerprint density at radius 1 is 1.14 bits per heavy atom. The monoisotopic (exact) mass is 311 g/mol. The van der Waals surface area contributed by atoms with Crippen molar-refractivity contribution in [3.63, 3.8) is 0 Å². The van der Waals surface area contributed by atoms with Gasteiger partial charge < -0.3 is 15.0 Å². The minimum absolute atomic E-state index is 0.196. The molecule has 2 amide bonds. The fraction of sp³-hybridized carbons (Fsp3) is 0.875. The molecule has 1 saturated carbocycles. The van der Waals surface area contributed by atoms with Crippen LogP contribution in [-0.4, -0.2) is 66.2 Å². The number of hydrogen-bond acceptors (Lipinski definition) is 4. The predicted molar refractivity (Wildman–Crippen MR) is 84.6 cm³/mol. The fourth-order valence-corrected chi connectivity index (χ4v) is 2.68. The van der Waals surface area contributed by atoms with Gasteiger partial charge in [-0.3, -0.25) is 9.69 Å². The van der Waals surface area contributed by atoms with Crippen molar-refractivity contribution in [2.24, 2.45) is 0 Å². The van der Waals surface area contributed by atoms with Gasteiger partial charge in [-0.1, -0.05) is 0 Å². The Morgan fingerprint density at radius 3 is 2.32 bits per heavy atom. The minimum atomic E-state index is -0.485. The van der Waals surface area contributed by atoms with Crippen molar-refractivity contribution in [2.75, 3.05) is 32.7 Å². The molecule has 0 unspecified atom stereocenters. The van der Waals surface area contributed by atoms with Gasteiger partial charge in [-0.05, 0) is 40.0 Å². The van der Waals surface area contributed by atoms with Crippen LogP contribution in [0.2, 0.25) is 0 Å². The number of nitrogens with zero attached hydrogens (tertiary/aromatic N) is 2. The molecule has 1 heterocycles. The lowest BCUT2D eigenvalue weighted by Crippen LogP contribution is -2.49. The molecule has 1 saturated heterocycles. The van der Waals surface area contributed by atoms with Gasteiger partial charge in [0.05, 0.1) is 0 Å². The van der Waals surface area contributed by atoms with Gasteiger partial charge >= 0.3 is 6.09 Å². The number of carbonyl (C=O) groups excluding carboxylic acids is 2. The van der Waals surface area contributed by atoms with Crippen LogP contribution >= 0.6 is 0 Å². The molecule has 6 heteroatoms. The zero-order chi connectivity index (χ0) is 16.2. The van der Waals surface area contributed by atoms with Crippen LogP contribution in [0.3, 0.4) is 0 Å². The highest BCUT2D eigenvalue weighted by atomic mass is 16.6. The van der Waals surface area contributed by atoms with Gasteiger partial charge in [0.2, 0.25) is 5.91 Å². The van der Waals surface area contributed by atoms with E-state index in [1.165, 1.54) is 12.8 Å². The van der Waals surface area contributed by atoms with Gasteiger partial charge in [-0.25, -0.2) is 4.79 Å². The van der Waals surface area contributed by atoms with Crippen molar-refractivity contribution >= 4 is 12.0 Å². The highest BCUT2D eigenvalue weighted by Gasteiger charge is 2.32. The van der Waals surface area contributed by atoms with Gasteiger partial charge in [0.1, 0.15) is 5.60 Å². The second-order valence-electron chi connectivity index (χ2n) is 7.18. The lowest BCUT2D eigenvalue weighted by Gasteiger charge is -2.34. The Kier molecular flexibility index (Phi) is 5.67. The van der Waals surface area contributed by atoms with Gasteiger partial charge in [-0.15, -0.1) is 0 Å². The Morgan fingerprint density at radius 2 is 1.77 bits per heavy atom. The molecule has 1 aliphatic carbocycles. The van der Waals surface area contributed by atoms with Crippen LogP contribution in [0.25, 0.3) is 0 Å². The van der Waals surface area contributed by atoms with Gasteiger partial charge in [0.15, 0.2) is 0 Å². The molecule has 0 aromatic carbocycles. The van der Waals surface area contributed by atoms with Crippen LogP contribution < -0.4 is 5.32 Å². The molecule has 0 bridgehead atoms. The third-order valence-electron chi connectivity index (χ3n) is 3.97. The van der Waals surface area contributed by atoms with Crippen molar-refractivity contribution < 1.29 is 14.3 Å². The van der Waals surface area contributed by atoms with Crippen molar-refractivity contribution in [1.82, 2.24) is 15.1 Å². The van der Waals surface area contributed by atoms with Crippen molar-refractivity contribution in [3.05, 3.63) is 0 Å². The lowest BCUT2D eigenvalue weighted by molar-refractivity contribution is -0.133. The molecule has 1 N–H and O–H groups in total. The molecule has 2 fully saturated rings. The molecule has 22 heavy (non-hydrogen) atoms. The summed E-state index contributed by atoms with van der Waals surface area (Å²) in [7, 11) is 0. The van der Waals surface area contributed by atoms with Gasteiger partial charge in [0, 0.05) is 45.2 Å². The van der Waals surface area contributed by atoms with Crippen LogP contribution in [0.5, 0.6) is 0 Å². The van der Waals surface area contributed by atoms with Crippen LogP contribution in [0, 0.1) is 0 Å². The largest absolute Gasteiger partial charge is 0.444 e. The quantitative estimate of drug-likeness (QED) is 0.783. The molecular formula is C16H29N3O3. The number of carbonyl (C=O) groups is 2. The molecule has 0 aromatic heterocycles. The number of amides is 2. The standard InChI is InChI=1S/C16H29N3O3/c1-16(2,3)22-15(21)17-8-4-5-14(20)19-11-9-18(10-12-19)13-6-7-13/h13H,4-12H2,1-3H3,(H,17,21). The van der Waals surface area contributed by atoms with Crippen molar-refractivity contribution in [2.45, 2.75) is 58.1 Å². The van der Waals surface area contributed by atoms with E-state index < -0.39 is 11.7 Å². The maximum Gasteiger partial charge on any atom is 0.407 e. The van der Waals surface area contributed by atoms with Crippen LogP contribution in [-0.2, 0) is 9.53 Å². The van der Waals surface area contributed by atoms with E-state index in [2.05, 4.69) is 10.2 Å². The van der Waals surface area contributed by atoms with Gasteiger partial charge in [-0.2, -0.15) is 0 Å². The average molecular weight is 311 g/mol. The topological polar surface area (TPSA) is 61.9 Å². The SMILES string of the molecule is CC(C)(C)OC(=O)NCCCC(=O)N1CCN(C2CC2)CC1. The minimum Gasteiger partial charge on any atom is -0.444 e. The summed E-state index contributed by atoms with van der Waals surface area (Å²) in [5, 5.41) is 2.69. The number of ether oxygens (including phenoxy) is 1. The van der Waals surface area contributed by atoms with Crippen LogP contribution in [0.4, 0.5) is 4.79 Å². The van der Waals surface area contributed by atoms with E-state index in [4.69, 9.17) is 4.74 Å². The van der Waals surface area contributed by atoms with E-state index in [0.717, 1.165) is 32.2 Å². The van der Waals surface area contributed by atoms with Crippen LogP contribution in [0.1, 0.15) is 46.5 Å². The first-order chi connectivity index (χ1) is 10.3. The molecule has 6 nitrogen and oxygen atoms in total. The third-order valence-corrected chi connectivity index (χ3v) is 3.97. The summed E-state index contributed by atoms with van der Waals surface area (Å²) >= 11 is 0. The summed E-state index contributed by atoms with van der Waals surface area (Å²) in [4.78, 5) is 28.0. The predicted octanol–water partition coefficient (Wildman–Crippen LogP) is 1.60. The fourth-order valence-electron chi connectivity index (χ4n) is 2.68. The summed E-state index contributed by atoms with van der Waals surface area (Å²) in [5.74, 6) is 0.196. The molecular weight excluding hydrogens is 282 g/mol. The Bertz CT molecular complexity index is 394. The number of alkyl carbamates (subject to hydrolysis) is 1. The highest BCUT2D eigenvalue weighted by Crippen LogP contribution is 2.27. The van der Waals surface area contributed by atoms with E-state index in [1.807, 2.05) is 25.7 Å². The number of piperazine rings is 1. The summed E-state index contributed by atoms with van der Waals surface area (Å²) in [6.07, 6.45) is 3.37. The Hall–Kier alpha value is -1.30. The van der Waals surface area contributed by atoms with Gasteiger partial charge in [0.25, 0.3) is 0 Å². The van der Waals surface area contributed by atoms with E-state index in [1.54, 1.807) is 0 Å². The Labute approximate surface area is 133 Å². The first kappa shape index (κ1) is 17.1. The second kappa shape index (κ2) is 7.31. The molecule has 0 atom stereocenters. The van der Waals surface area contributed by atoms with Crippen molar-refractivity contribution in [1.29, 1.82) is 0 Å². The van der Waals surface area contributed by atoms with E-state index in [9.17, 15) is 9.59 Å². The van der Waals surface area contributed by atoms with Crippen molar-refractivity contribution in [3.8, 4) is 0 Å². The summed E-state index contributed by atoms with van der Waals surface area (Å²) in [6, 6.07) is 0.787. The maximum absolute atomic E-state index is 12.1. The van der Waals surface area contributed by atoms with E-state index in [0.29, 0.717) is 19.4 Å². The molecule has 0 radical (unpaired) electrons. The average Bonchev–Trinajstić information content (AvgIpc) is 3.26. The molecule has 0 spiro atoms. The Balaban J connectivity index is 1.55. The zero-order valence-corrected chi connectivity index (χ0v) is 14.1. The molecule has 1 aliphatic heterocycles. The molecule has 0 aromatic rings. The normalized spacial score (nSPS) is 19.9. The summed E-state index contributed by atoms with van der Waals surface area (Å²) in [6.45, 7) is 9.66. The first-order valence-corrected chi connectivity index (χ1v) is 8.34. The lowest BCUT2D eigenvalue weighted by atomic mass is 10.2. The number of rotatable bonds is 5. The molecule has 2 aliphatic rings. The summed E-state index contributed by atoms with van der Waals surface area (Å²) < 4.78 is 5.15. The zero-order valence-electron chi connectivity index (χ0n) is 14.1. The maximum atomic E-state index is 12.1. The number of hydrogen-bond donors (Lipinski definition) is 1. The third kappa shape index (κ3) is 5.83. The van der Waals surface area contributed by atoms with E-state index in [-0.39, 0.29) is 5.91 Å². The smallest absolute Gasteiger partial charge is 0.407 e. The van der Waals surface area contributed by atoms with Crippen LogP contribution in [0.15, 0.2) is 0 Å².